The van der Waals surface area contributed by atoms with Crippen molar-refractivity contribution >= 4 is 44.0 Å². The van der Waals surface area contributed by atoms with Crippen molar-refractivity contribution in [2.75, 3.05) is 0 Å². The van der Waals surface area contributed by atoms with Crippen LogP contribution in [-0.4, -0.2) is 24.9 Å². The fourth-order valence-corrected chi connectivity index (χ4v) is 7.65. The summed E-state index contributed by atoms with van der Waals surface area (Å²) in [5.41, 5.74) is 13.3. The lowest BCUT2D eigenvalue weighted by molar-refractivity contribution is 0.655. The molecule has 0 saturated heterocycles. The van der Waals surface area contributed by atoms with Crippen molar-refractivity contribution in [1.82, 2.24) is 24.9 Å². The Bertz CT molecular complexity index is 3290. The number of nitrogens with zero attached hydrogens (tertiary/aromatic N) is 5. The zero-order valence-electron chi connectivity index (χ0n) is 30.5. The molecule has 0 saturated carbocycles. The van der Waals surface area contributed by atoms with Gasteiger partial charge in [-0.3, -0.25) is 0 Å². The number of para-hydroxylation sites is 2. The van der Waals surface area contributed by atoms with E-state index in [1.54, 1.807) is 0 Å². The van der Waals surface area contributed by atoms with Gasteiger partial charge in [0.25, 0.3) is 0 Å². The molecule has 6 nitrogen and oxygen atoms in total. The van der Waals surface area contributed by atoms with Gasteiger partial charge in [0.05, 0.1) is 16.4 Å². The molecular weight excluding hydrogens is 699 g/mol. The molecule has 266 valence electrons. The Morgan fingerprint density at radius 1 is 0.316 bits per heavy atom. The molecule has 11 aromatic rings. The zero-order valence-corrected chi connectivity index (χ0v) is 30.5. The van der Waals surface area contributed by atoms with Gasteiger partial charge in [-0.2, -0.15) is 0 Å². The molecule has 0 N–H and O–H groups in total. The second-order valence-corrected chi connectivity index (χ2v) is 14.1. The van der Waals surface area contributed by atoms with Crippen LogP contribution in [0.25, 0.3) is 112 Å². The summed E-state index contributed by atoms with van der Waals surface area (Å²) < 4.78 is 6.18. The van der Waals surface area contributed by atoms with E-state index < -0.39 is 0 Å². The first kappa shape index (κ1) is 32.6. The molecule has 0 aliphatic rings. The number of rotatable bonds is 6. The first-order chi connectivity index (χ1) is 28.2. The second kappa shape index (κ2) is 13.5. The summed E-state index contributed by atoms with van der Waals surface area (Å²) in [5, 5.41) is 3.18. The summed E-state index contributed by atoms with van der Waals surface area (Å²) in [5.74, 6) is 1.88. The highest BCUT2D eigenvalue weighted by atomic mass is 16.3. The normalized spacial score (nSPS) is 11.5. The van der Waals surface area contributed by atoms with Crippen molar-refractivity contribution in [3.05, 3.63) is 188 Å². The molecule has 0 bridgehead atoms. The van der Waals surface area contributed by atoms with Crippen LogP contribution in [0.2, 0.25) is 0 Å². The fraction of sp³-hybridized carbons (Fsp3) is 0. The Hall–Kier alpha value is -7.83. The van der Waals surface area contributed by atoms with E-state index in [1.807, 2.05) is 66.7 Å². The highest BCUT2D eigenvalue weighted by Crippen LogP contribution is 2.37. The molecule has 3 aromatic heterocycles. The van der Waals surface area contributed by atoms with Crippen LogP contribution >= 0.6 is 0 Å². The summed E-state index contributed by atoms with van der Waals surface area (Å²) in [6.07, 6.45) is 0. The van der Waals surface area contributed by atoms with Gasteiger partial charge in [0, 0.05) is 16.7 Å². The number of fused-ring (bicyclic) bond motifs is 6. The molecule has 0 radical (unpaired) electrons. The van der Waals surface area contributed by atoms with Crippen molar-refractivity contribution < 1.29 is 4.42 Å². The Kier molecular flexibility index (Phi) is 7.71. The second-order valence-electron chi connectivity index (χ2n) is 14.1. The third-order valence-corrected chi connectivity index (χ3v) is 10.5. The van der Waals surface area contributed by atoms with Crippen molar-refractivity contribution in [1.29, 1.82) is 0 Å². The third kappa shape index (κ3) is 5.97. The van der Waals surface area contributed by atoms with Gasteiger partial charge in [0.15, 0.2) is 17.5 Å². The van der Waals surface area contributed by atoms with Gasteiger partial charge < -0.3 is 4.42 Å². The van der Waals surface area contributed by atoms with Crippen LogP contribution in [0.3, 0.4) is 0 Å². The van der Waals surface area contributed by atoms with E-state index in [2.05, 4.69) is 121 Å². The molecule has 0 aliphatic carbocycles. The van der Waals surface area contributed by atoms with Crippen LogP contribution in [0.1, 0.15) is 0 Å². The minimum atomic E-state index is 0.553. The summed E-state index contributed by atoms with van der Waals surface area (Å²) in [7, 11) is 0. The van der Waals surface area contributed by atoms with E-state index in [9.17, 15) is 0 Å². The highest BCUT2D eigenvalue weighted by Gasteiger charge is 2.16. The molecule has 0 amide bonds. The highest BCUT2D eigenvalue weighted by molar-refractivity contribution is 6.18. The van der Waals surface area contributed by atoms with E-state index in [0.29, 0.717) is 23.2 Å². The average Bonchev–Trinajstić information content (AvgIpc) is 3.66. The Morgan fingerprint density at radius 2 is 0.789 bits per heavy atom. The minimum Gasteiger partial charge on any atom is -0.436 e. The van der Waals surface area contributed by atoms with Crippen LogP contribution in [0.5, 0.6) is 0 Å². The van der Waals surface area contributed by atoms with Crippen molar-refractivity contribution in [2.24, 2.45) is 0 Å². The first-order valence-electron chi connectivity index (χ1n) is 18.9. The first-order valence-corrected chi connectivity index (χ1v) is 18.9. The molecule has 3 heterocycles. The smallest absolute Gasteiger partial charge is 0.246 e. The van der Waals surface area contributed by atoms with Crippen LogP contribution in [0, 0.1) is 0 Å². The Labute approximate surface area is 327 Å². The number of aromatic nitrogens is 5. The fourth-order valence-electron chi connectivity index (χ4n) is 7.65. The van der Waals surface area contributed by atoms with Gasteiger partial charge in [-0.15, -0.1) is 0 Å². The molecule has 0 atom stereocenters. The van der Waals surface area contributed by atoms with Gasteiger partial charge in [-0.1, -0.05) is 152 Å². The lowest BCUT2D eigenvalue weighted by atomic mass is 9.96. The Balaban J connectivity index is 0.956. The molecule has 0 spiro atoms. The van der Waals surface area contributed by atoms with Crippen molar-refractivity contribution in [2.45, 2.75) is 0 Å². The maximum absolute atomic E-state index is 6.18. The molecule has 11 rings (SSSR count). The van der Waals surface area contributed by atoms with Gasteiger partial charge >= 0.3 is 0 Å². The molecule has 57 heavy (non-hydrogen) atoms. The summed E-state index contributed by atoms with van der Waals surface area (Å²) in [4.78, 5) is 24.7. The predicted octanol–water partition coefficient (Wildman–Crippen LogP) is 12.9. The van der Waals surface area contributed by atoms with Crippen molar-refractivity contribution in [3.8, 4) is 67.5 Å². The average molecular weight is 730 g/mol. The SMILES string of the molecule is c1ccc(-c2ccc(-c3nc(-c4ccccc4)nc(-c4cccc(-c5cccc(-c6ccc7c(ccc8oc9nc%10ccccc%10nc9c87)c6)c5)c4)n3)cc2)cc1. The van der Waals surface area contributed by atoms with Crippen LogP contribution in [0.15, 0.2) is 192 Å². The molecule has 6 heteroatoms. The minimum absolute atomic E-state index is 0.553. The number of hydrogen-bond donors (Lipinski definition) is 0. The van der Waals surface area contributed by atoms with E-state index in [4.69, 9.17) is 29.3 Å². The van der Waals surface area contributed by atoms with E-state index in [1.165, 1.54) is 5.56 Å². The largest absolute Gasteiger partial charge is 0.436 e. The predicted molar refractivity (Wildman–Crippen MR) is 230 cm³/mol. The lowest BCUT2D eigenvalue weighted by Crippen LogP contribution is -2.00. The quantitative estimate of drug-likeness (QED) is 0.170. The topological polar surface area (TPSA) is 77.6 Å². The maximum atomic E-state index is 6.18. The van der Waals surface area contributed by atoms with Gasteiger partial charge in [0.1, 0.15) is 11.1 Å². The number of benzene rings is 8. The van der Waals surface area contributed by atoms with E-state index in [0.717, 1.165) is 82.8 Å². The van der Waals surface area contributed by atoms with Gasteiger partial charge in [-0.25, -0.2) is 24.9 Å². The third-order valence-electron chi connectivity index (χ3n) is 10.5. The standard InChI is InChI=1S/C51H31N5O/c1-3-11-32(12-4-1)33-21-23-35(24-22-33)49-54-48(34-13-5-2-6-14-34)55-50(56-49)41-18-10-17-38(31-41)36-15-9-16-37(29-36)39-25-27-42-40(30-39)26-28-45-46(42)47-51(57-45)53-44-20-8-7-19-43(44)52-47/h1-31H. The van der Waals surface area contributed by atoms with Crippen LogP contribution in [-0.2, 0) is 0 Å². The van der Waals surface area contributed by atoms with E-state index >= 15 is 0 Å². The molecule has 0 fully saturated rings. The number of furan rings is 1. The monoisotopic (exact) mass is 729 g/mol. The molecule has 8 aromatic carbocycles. The maximum Gasteiger partial charge on any atom is 0.246 e. The number of hydrogen-bond acceptors (Lipinski definition) is 6. The van der Waals surface area contributed by atoms with Crippen molar-refractivity contribution in [3.63, 3.8) is 0 Å². The molecule has 0 aliphatic heterocycles. The van der Waals surface area contributed by atoms with Crippen LogP contribution in [0.4, 0.5) is 0 Å². The van der Waals surface area contributed by atoms with Gasteiger partial charge in [0.2, 0.25) is 5.71 Å². The summed E-state index contributed by atoms with van der Waals surface area (Å²) in [6.45, 7) is 0. The van der Waals surface area contributed by atoms with E-state index in [-0.39, 0.29) is 0 Å². The molecule has 0 unspecified atom stereocenters. The summed E-state index contributed by atoms with van der Waals surface area (Å²) in [6, 6.07) is 64.6. The zero-order chi connectivity index (χ0) is 37.7. The van der Waals surface area contributed by atoms with Gasteiger partial charge in [-0.05, 0) is 80.6 Å². The summed E-state index contributed by atoms with van der Waals surface area (Å²) >= 11 is 0. The Morgan fingerprint density at radius 3 is 1.47 bits per heavy atom. The van der Waals surface area contributed by atoms with Crippen LogP contribution < -0.4 is 0 Å². The molecular formula is C51H31N5O. The lowest BCUT2D eigenvalue weighted by Gasteiger charge is -2.11.